The first kappa shape index (κ1) is 16.9. The second-order valence-electron chi connectivity index (χ2n) is 4.41. The van der Waals surface area contributed by atoms with E-state index < -0.39 is 50.4 Å². The van der Waals surface area contributed by atoms with E-state index in [1.807, 2.05) is 4.98 Å². The lowest BCUT2D eigenvalue weighted by atomic mass is 10.1. The van der Waals surface area contributed by atoms with E-state index in [0.717, 1.165) is 19.4 Å². The van der Waals surface area contributed by atoms with E-state index in [1.54, 1.807) is 0 Å². The van der Waals surface area contributed by atoms with Crippen LogP contribution in [-0.4, -0.2) is 51.3 Å². The number of hydrogen-bond acceptors (Lipinski definition) is 7. The molecule has 1 fully saturated rings. The predicted octanol–water partition coefficient (Wildman–Crippen LogP) is -1.23. The molecule has 0 aromatic carbocycles. The summed E-state index contributed by atoms with van der Waals surface area (Å²) in [7, 11) is -2.14. The second-order valence-corrected chi connectivity index (χ2v) is 5.09. The second kappa shape index (κ2) is 6.32. The molecule has 1 aliphatic rings. The van der Waals surface area contributed by atoms with Crippen molar-refractivity contribution in [2.45, 2.75) is 24.3 Å². The van der Waals surface area contributed by atoms with Gasteiger partial charge in [0.2, 0.25) is 11.9 Å². The smallest absolute Gasteiger partial charge is 0.391 e. The summed E-state index contributed by atoms with van der Waals surface area (Å²) in [5.41, 5.74) is -1.65. The standard InChI is InChI=1S/C10H12FN2O8P/c1-19-10(4-14)7(21-22(17)18)6(11)8(20-10)13-3-2-5(15)12-9(13)16/h2-3,6-8,14H,4H2,1H3,(H-,12,15,16,17,18)/p+1/t6?,7-,8-,10-/m1/s1. The first-order chi connectivity index (χ1) is 10.3. The molecule has 1 aliphatic heterocycles. The van der Waals surface area contributed by atoms with Crippen molar-refractivity contribution in [2.24, 2.45) is 0 Å². The molecule has 1 saturated heterocycles. The summed E-state index contributed by atoms with van der Waals surface area (Å²) < 4.78 is 40.7. The molecule has 22 heavy (non-hydrogen) atoms. The van der Waals surface area contributed by atoms with Gasteiger partial charge in [0.1, 0.15) is 6.61 Å². The zero-order chi connectivity index (χ0) is 16.5. The fraction of sp³-hybridized carbons (Fsp3) is 0.600. The topological polar surface area (TPSA) is 140 Å². The third kappa shape index (κ3) is 2.86. The van der Waals surface area contributed by atoms with Gasteiger partial charge in [0, 0.05) is 23.9 Å². The number of hydrogen-bond donors (Lipinski definition) is 3. The minimum absolute atomic E-state index is 0.693. The Bertz CT molecular complexity index is 671. The fourth-order valence-electron chi connectivity index (χ4n) is 2.16. The van der Waals surface area contributed by atoms with E-state index in [1.165, 1.54) is 0 Å². The maximum Gasteiger partial charge on any atom is 0.695 e. The quantitative estimate of drug-likeness (QED) is 0.567. The minimum atomic E-state index is -3.22. The Hall–Kier alpha value is -1.49. The van der Waals surface area contributed by atoms with Crippen molar-refractivity contribution in [3.8, 4) is 0 Å². The van der Waals surface area contributed by atoms with Crippen LogP contribution in [0.4, 0.5) is 4.39 Å². The fourth-order valence-corrected chi connectivity index (χ4v) is 2.63. The molecule has 5 atom stereocenters. The van der Waals surface area contributed by atoms with Crippen molar-refractivity contribution in [1.82, 2.24) is 9.55 Å². The van der Waals surface area contributed by atoms with Crippen LogP contribution in [0.5, 0.6) is 0 Å². The molecule has 12 heteroatoms. The summed E-state index contributed by atoms with van der Waals surface area (Å²) >= 11 is 0. The third-order valence-corrected chi connectivity index (χ3v) is 3.62. The molecule has 2 heterocycles. The van der Waals surface area contributed by atoms with Gasteiger partial charge >= 0.3 is 13.9 Å². The summed E-state index contributed by atoms with van der Waals surface area (Å²) in [6.45, 7) is -0.896. The highest BCUT2D eigenvalue weighted by Crippen LogP contribution is 2.43. The third-order valence-electron chi connectivity index (χ3n) is 3.21. The van der Waals surface area contributed by atoms with E-state index in [-0.39, 0.29) is 0 Å². The molecule has 0 aliphatic carbocycles. The van der Waals surface area contributed by atoms with Crippen LogP contribution >= 0.6 is 8.25 Å². The van der Waals surface area contributed by atoms with E-state index >= 15 is 0 Å². The molecular weight excluding hydrogens is 326 g/mol. The Labute approximate surface area is 123 Å². The van der Waals surface area contributed by atoms with Gasteiger partial charge < -0.3 is 14.6 Å². The summed E-state index contributed by atoms with van der Waals surface area (Å²) in [6.07, 6.45) is -4.53. The molecule has 0 radical (unpaired) electrons. The monoisotopic (exact) mass is 339 g/mol. The van der Waals surface area contributed by atoms with Crippen LogP contribution in [0.2, 0.25) is 0 Å². The lowest BCUT2D eigenvalue weighted by Gasteiger charge is -2.27. The van der Waals surface area contributed by atoms with E-state index in [2.05, 4.69) is 4.52 Å². The summed E-state index contributed by atoms with van der Waals surface area (Å²) in [5, 5.41) is 9.38. The van der Waals surface area contributed by atoms with Gasteiger partial charge in [-0.1, -0.05) is 0 Å². The lowest BCUT2D eigenvalue weighted by molar-refractivity contribution is -0.266. The number of aromatic amines is 1. The molecule has 0 bridgehead atoms. The van der Waals surface area contributed by atoms with Gasteiger partial charge in [-0.2, -0.15) is 0 Å². The molecule has 2 rings (SSSR count). The lowest BCUT2D eigenvalue weighted by Crippen LogP contribution is -2.47. The Morgan fingerprint density at radius 3 is 2.77 bits per heavy atom. The maximum atomic E-state index is 14.5. The largest absolute Gasteiger partial charge is 0.695 e. The van der Waals surface area contributed by atoms with Crippen LogP contribution in [0.15, 0.2) is 21.9 Å². The first-order valence-electron chi connectivity index (χ1n) is 5.97. The van der Waals surface area contributed by atoms with E-state index in [0.29, 0.717) is 4.57 Å². The van der Waals surface area contributed by atoms with E-state index in [9.17, 15) is 23.7 Å². The molecule has 1 aromatic heterocycles. The predicted molar refractivity (Wildman–Crippen MR) is 67.9 cm³/mol. The van der Waals surface area contributed by atoms with Crippen molar-refractivity contribution in [3.05, 3.63) is 33.1 Å². The highest BCUT2D eigenvalue weighted by molar-refractivity contribution is 7.32. The van der Waals surface area contributed by atoms with Gasteiger partial charge in [0.15, 0.2) is 12.4 Å². The molecule has 2 unspecified atom stereocenters. The average molecular weight is 339 g/mol. The van der Waals surface area contributed by atoms with Gasteiger partial charge in [-0.25, -0.2) is 9.18 Å². The first-order valence-corrected chi connectivity index (χ1v) is 7.10. The van der Waals surface area contributed by atoms with Gasteiger partial charge in [-0.05, 0) is 0 Å². The van der Waals surface area contributed by atoms with Gasteiger partial charge in [0.25, 0.3) is 5.56 Å². The van der Waals surface area contributed by atoms with Crippen LogP contribution < -0.4 is 11.2 Å². The number of alkyl halides is 1. The summed E-state index contributed by atoms with van der Waals surface area (Å²) in [4.78, 5) is 33.4. The van der Waals surface area contributed by atoms with Crippen molar-refractivity contribution >= 4 is 8.25 Å². The zero-order valence-corrected chi connectivity index (χ0v) is 12.1. The average Bonchev–Trinajstić information content (AvgIpc) is 2.73. The maximum absolute atomic E-state index is 14.5. The normalized spacial score (nSPS) is 32.2. The van der Waals surface area contributed by atoms with Crippen LogP contribution in [0.25, 0.3) is 0 Å². The number of halogens is 1. The van der Waals surface area contributed by atoms with Crippen LogP contribution in [-0.2, 0) is 18.6 Å². The highest BCUT2D eigenvalue weighted by atomic mass is 31.1. The molecule has 3 N–H and O–H groups in total. The van der Waals surface area contributed by atoms with Crippen LogP contribution in [0, 0.1) is 0 Å². The number of aliphatic hydroxyl groups excluding tert-OH is 1. The molecular formula is C10H13FN2O8P+. The number of nitrogens with one attached hydrogen (secondary N) is 1. The van der Waals surface area contributed by atoms with Crippen molar-refractivity contribution in [1.29, 1.82) is 0 Å². The van der Waals surface area contributed by atoms with E-state index in [4.69, 9.17) is 14.4 Å². The molecule has 0 saturated carbocycles. The number of rotatable bonds is 5. The molecule has 122 valence electrons. The summed E-state index contributed by atoms with van der Waals surface area (Å²) in [5.74, 6) is -2.08. The molecule has 1 aromatic rings. The number of ether oxygens (including phenoxy) is 2. The SMILES string of the molecule is CO[C@]1(CO)O[C@@H](n2ccc(=O)[nH]c2=O)C(F)[C@H]1O[P+](=O)O. The van der Waals surface area contributed by atoms with Gasteiger partial charge in [-0.15, -0.1) is 9.42 Å². The Balaban J connectivity index is 2.45. The van der Waals surface area contributed by atoms with Gasteiger partial charge in [-0.3, -0.25) is 14.3 Å². The van der Waals surface area contributed by atoms with Crippen molar-refractivity contribution in [3.63, 3.8) is 0 Å². The van der Waals surface area contributed by atoms with Crippen LogP contribution in [0.3, 0.4) is 0 Å². The highest BCUT2D eigenvalue weighted by Gasteiger charge is 2.61. The molecule has 10 nitrogen and oxygen atoms in total. The zero-order valence-electron chi connectivity index (χ0n) is 11.2. The Morgan fingerprint density at radius 2 is 2.27 bits per heavy atom. The Kier molecular flexibility index (Phi) is 4.85. The van der Waals surface area contributed by atoms with Crippen molar-refractivity contribution < 1.29 is 33.0 Å². The number of aromatic nitrogens is 2. The van der Waals surface area contributed by atoms with Crippen LogP contribution in [0.1, 0.15) is 6.23 Å². The number of H-pyrrole nitrogens is 1. The number of methoxy groups -OCH3 is 1. The number of aliphatic hydroxyl groups is 1. The summed E-state index contributed by atoms with van der Waals surface area (Å²) in [6, 6.07) is 0.964. The van der Waals surface area contributed by atoms with Crippen molar-refractivity contribution in [2.75, 3.05) is 13.7 Å². The van der Waals surface area contributed by atoms with Gasteiger partial charge in [0.05, 0.1) is 0 Å². The Morgan fingerprint density at radius 1 is 1.59 bits per heavy atom. The minimum Gasteiger partial charge on any atom is -0.391 e. The number of nitrogens with zero attached hydrogens (tertiary/aromatic N) is 1. The molecule has 0 spiro atoms. The molecule has 0 amide bonds.